The normalized spacial score (nSPS) is 13.6. The summed E-state index contributed by atoms with van der Waals surface area (Å²) in [5.74, 6) is -0.617. The van der Waals surface area contributed by atoms with Gasteiger partial charge in [-0.1, -0.05) is 18.2 Å². The average Bonchev–Trinajstić information content (AvgIpc) is 2.50. The number of rotatable bonds is 5. The predicted octanol–water partition coefficient (Wildman–Crippen LogP) is -1.30. The molecule has 1 aromatic carbocycles. The molecular formula is C11H9F6IO7S2. The van der Waals surface area contributed by atoms with Crippen molar-refractivity contribution >= 4 is 20.2 Å². The molecule has 0 unspecified atom stereocenters. The smallest absolute Gasteiger partial charge is 0.534 e. The maximum absolute atomic E-state index is 12.1. The largest absolute Gasteiger partial charge is 0.741 e. The van der Waals surface area contributed by atoms with Gasteiger partial charge in [0.1, 0.15) is 6.61 Å². The Morgan fingerprint density at radius 1 is 1.04 bits per heavy atom. The van der Waals surface area contributed by atoms with Crippen molar-refractivity contribution < 1.29 is 78.2 Å². The van der Waals surface area contributed by atoms with Gasteiger partial charge >= 0.3 is 42.3 Å². The molecule has 1 aromatic rings. The molecule has 0 amide bonds. The van der Waals surface area contributed by atoms with E-state index in [0.29, 0.717) is 0 Å². The molecule has 0 atom stereocenters. The van der Waals surface area contributed by atoms with Crippen LogP contribution in [0, 0.1) is 3.57 Å². The molecule has 0 spiro atoms. The molecule has 0 saturated heterocycles. The first-order valence-electron chi connectivity index (χ1n) is 6.02. The van der Waals surface area contributed by atoms with E-state index in [0.717, 1.165) is 3.57 Å². The lowest BCUT2D eigenvalue weighted by molar-refractivity contribution is -0.558. The fraction of sp³-hybridized carbons (Fsp3) is 0.273. The maximum atomic E-state index is 12.1. The third-order valence-corrected chi connectivity index (χ3v) is 5.99. The molecule has 7 nitrogen and oxygen atoms in total. The van der Waals surface area contributed by atoms with Crippen molar-refractivity contribution in [2.24, 2.45) is 0 Å². The highest BCUT2D eigenvalue weighted by Crippen LogP contribution is 2.26. The SMILES string of the molecule is O=S(=O)(O/C(=C/[I+]c1ccccc1)CO)C(F)(F)F.O=S(=O)([O-])C(F)(F)F. The highest BCUT2D eigenvalue weighted by atomic mass is 127. The van der Waals surface area contributed by atoms with Gasteiger partial charge in [0, 0.05) is 0 Å². The van der Waals surface area contributed by atoms with Crippen LogP contribution in [0.4, 0.5) is 26.3 Å². The molecule has 0 aromatic heterocycles. The van der Waals surface area contributed by atoms with Crippen molar-refractivity contribution in [3.05, 3.63) is 43.7 Å². The second-order valence-electron chi connectivity index (χ2n) is 4.02. The van der Waals surface area contributed by atoms with Crippen LogP contribution in [0.2, 0.25) is 0 Å². The van der Waals surface area contributed by atoms with Gasteiger partial charge < -0.3 is 13.8 Å². The van der Waals surface area contributed by atoms with Gasteiger partial charge in [0.2, 0.25) is 4.08 Å². The van der Waals surface area contributed by atoms with Crippen LogP contribution in [0.5, 0.6) is 0 Å². The summed E-state index contributed by atoms with van der Waals surface area (Å²) in [7, 11) is -11.8. The lowest BCUT2D eigenvalue weighted by Crippen LogP contribution is -3.59. The van der Waals surface area contributed by atoms with Crippen LogP contribution in [0.15, 0.2) is 40.2 Å². The van der Waals surface area contributed by atoms with Gasteiger partial charge in [0.25, 0.3) is 0 Å². The molecular weight excluding hydrogens is 549 g/mol. The third kappa shape index (κ3) is 9.58. The zero-order valence-electron chi connectivity index (χ0n) is 12.5. The molecule has 0 aliphatic rings. The molecule has 1 rings (SSSR count). The molecule has 0 aliphatic heterocycles. The topological polar surface area (TPSA) is 121 Å². The third-order valence-electron chi connectivity index (χ3n) is 1.97. The van der Waals surface area contributed by atoms with Gasteiger partial charge in [-0.05, 0) is 12.1 Å². The van der Waals surface area contributed by atoms with E-state index in [1.807, 2.05) is 0 Å². The van der Waals surface area contributed by atoms with Crippen molar-refractivity contribution in [1.82, 2.24) is 0 Å². The zero-order chi connectivity index (χ0) is 21.5. The van der Waals surface area contributed by atoms with Gasteiger partial charge in [-0.2, -0.15) is 34.8 Å². The first-order valence-corrected chi connectivity index (χ1v) is 11.2. The minimum absolute atomic E-state index is 0.617. The Balaban J connectivity index is 0.000000713. The Morgan fingerprint density at radius 2 is 1.48 bits per heavy atom. The van der Waals surface area contributed by atoms with Crippen molar-refractivity contribution in [3.8, 4) is 0 Å². The number of halogens is 7. The fourth-order valence-electron chi connectivity index (χ4n) is 0.878. The Morgan fingerprint density at radius 3 is 1.81 bits per heavy atom. The molecule has 1 N–H and O–H groups in total. The van der Waals surface area contributed by atoms with Crippen LogP contribution < -0.4 is 21.2 Å². The quantitative estimate of drug-likeness (QED) is 0.119. The van der Waals surface area contributed by atoms with E-state index in [9.17, 15) is 34.8 Å². The summed E-state index contributed by atoms with van der Waals surface area (Å²) in [5.41, 5.74) is -11.2. The lowest BCUT2D eigenvalue weighted by Gasteiger charge is -2.08. The minimum Gasteiger partial charge on any atom is -0.741 e. The highest BCUT2D eigenvalue weighted by molar-refractivity contribution is 7.87. The number of hydrogen-bond acceptors (Lipinski definition) is 7. The second-order valence-corrected chi connectivity index (χ2v) is 9.42. The Bertz CT molecular complexity index is 832. The number of alkyl halides is 6. The number of benzene rings is 1. The van der Waals surface area contributed by atoms with Crippen LogP contribution in [-0.2, 0) is 24.4 Å². The molecule has 156 valence electrons. The van der Waals surface area contributed by atoms with E-state index in [4.69, 9.17) is 18.1 Å². The van der Waals surface area contributed by atoms with Crippen molar-refractivity contribution in [2.75, 3.05) is 6.61 Å². The molecule has 0 bridgehead atoms. The molecule has 27 heavy (non-hydrogen) atoms. The average molecular weight is 558 g/mol. The molecule has 0 saturated carbocycles. The van der Waals surface area contributed by atoms with E-state index in [2.05, 4.69) is 4.18 Å². The van der Waals surface area contributed by atoms with Gasteiger partial charge in [-0.15, -0.1) is 0 Å². The van der Waals surface area contributed by atoms with E-state index >= 15 is 0 Å². The van der Waals surface area contributed by atoms with Crippen molar-refractivity contribution in [3.63, 3.8) is 0 Å². The molecule has 16 heteroatoms. The second kappa shape index (κ2) is 9.89. The molecule has 0 heterocycles. The summed E-state index contributed by atoms with van der Waals surface area (Å²) in [6.45, 7) is -0.915. The first-order chi connectivity index (χ1) is 12.0. The van der Waals surface area contributed by atoms with Crippen LogP contribution in [-0.4, -0.2) is 44.1 Å². The van der Waals surface area contributed by atoms with Gasteiger partial charge in [-0.3, -0.25) is 0 Å². The lowest BCUT2D eigenvalue weighted by atomic mass is 10.4. The Kier molecular flexibility index (Phi) is 9.49. The summed E-state index contributed by atoms with van der Waals surface area (Å²) >= 11 is -0.890. The standard InChI is InChI=1S/C10H9F3IO4S.CHF3O3S/c11-10(12,13)19(16,17)18-9(7-15)6-14-8-4-2-1-3-5-8;2-1(3,4)8(5,6)7/h1-6,15H,7H2;(H,5,6,7)/q+1;/p-1/b9-6+;. The number of hydrogen-bond donors (Lipinski definition) is 1. The van der Waals surface area contributed by atoms with Crippen LogP contribution >= 0.6 is 0 Å². The van der Waals surface area contributed by atoms with E-state index < -0.39 is 64.8 Å². The summed E-state index contributed by atoms with van der Waals surface area (Å²) in [5, 5.41) is 8.83. The van der Waals surface area contributed by atoms with Crippen LogP contribution in [0.1, 0.15) is 0 Å². The molecule has 0 aliphatic carbocycles. The molecule has 0 fully saturated rings. The van der Waals surface area contributed by atoms with Gasteiger partial charge in [0.05, 0.1) is 0 Å². The van der Waals surface area contributed by atoms with E-state index in [1.54, 1.807) is 30.3 Å². The summed E-state index contributed by atoms with van der Waals surface area (Å²) in [4.78, 5) is 0. The number of aliphatic hydroxyl groups excluding tert-OH is 1. The zero-order valence-corrected chi connectivity index (χ0v) is 16.3. The van der Waals surface area contributed by atoms with Gasteiger partial charge in [0.15, 0.2) is 19.4 Å². The molecule has 0 radical (unpaired) electrons. The summed E-state index contributed by atoms with van der Waals surface area (Å²) in [6, 6.07) is 8.76. The first kappa shape index (κ1) is 25.9. The van der Waals surface area contributed by atoms with Crippen LogP contribution in [0.3, 0.4) is 0 Å². The van der Waals surface area contributed by atoms with E-state index in [-0.39, 0.29) is 0 Å². The summed E-state index contributed by atoms with van der Waals surface area (Å²) in [6.07, 6.45) is 0. The maximum Gasteiger partial charge on any atom is 0.534 e. The van der Waals surface area contributed by atoms with Crippen molar-refractivity contribution in [1.29, 1.82) is 0 Å². The monoisotopic (exact) mass is 558 g/mol. The summed E-state index contributed by atoms with van der Waals surface area (Å²) < 4.78 is 123. The van der Waals surface area contributed by atoms with Gasteiger partial charge in [-0.25, -0.2) is 8.42 Å². The Labute approximate surface area is 159 Å². The number of aliphatic hydroxyl groups is 1. The van der Waals surface area contributed by atoms with Crippen LogP contribution in [0.25, 0.3) is 0 Å². The van der Waals surface area contributed by atoms with E-state index in [1.165, 1.54) is 4.08 Å². The fourth-order valence-corrected chi connectivity index (χ4v) is 3.39. The highest BCUT2D eigenvalue weighted by Gasteiger charge is 2.49. The van der Waals surface area contributed by atoms with Crippen molar-refractivity contribution in [2.45, 2.75) is 11.0 Å². The Hall–Kier alpha value is -1.11. The predicted molar refractivity (Wildman–Crippen MR) is 72.1 cm³/mol. The minimum atomic E-state index is -6.09.